The van der Waals surface area contributed by atoms with Crippen molar-refractivity contribution in [3.8, 4) is 0 Å². The molecule has 0 nitrogen and oxygen atoms in total. The van der Waals surface area contributed by atoms with Gasteiger partial charge in [0.15, 0.2) is 0 Å². The molecule has 0 spiro atoms. The van der Waals surface area contributed by atoms with Crippen LogP contribution in [-0.4, -0.2) is 0 Å². The van der Waals surface area contributed by atoms with E-state index in [0.717, 1.165) is 21.9 Å². The van der Waals surface area contributed by atoms with E-state index in [-0.39, 0.29) is 10.8 Å². The third-order valence-electron chi connectivity index (χ3n) is 8.67. The van der Waals surface area contributed by atoms with Crippen LogP contribution < -0.4 is 0 Å². The number of allylic oxidation sites excluding steroid dienone is 10. The third-order valence-corrected chi connectivity index (χ3v) is 16.3. The average Bonchev–Trinajstić information content (AvgIpc) is 3.30. The molecule has 145 valence electrons. The fourth-order valence-electron chi connectivity index (χ4n) is 6.71. The molecule has 0 bridgehead atoms. The minimum absolute atomic E-state index is 0.219. The van der Waals surface area contributed by atoms with E-state index in [4.69, 9.17) is 0 Å². The van der Waals surface area contributed by atoms with Crippen molar-refractivity contribution >= 4 is 0 Å². The van der Waals surface area contributed by atoms with Gasteiger partial charge in [-0.15, -0.1) is 0 Å². The van der Waals surface area contributed by atoms with E-state index >= 15 is 0 Å². The molecule has 1 fully saturated rings. The molecule has 0 aromatic carbocycles. The fourth-order valence-corrected chi connectivity index (χ4v) is 14.1. The Morgan fingerprint density at radius 3 is 2.48 bits per heavy atom. The standard InChI is InChI=1S/C24H31.2CH3.Hf/c1-17-16-19-8-7-11-22(19)24(4,18(17)2)21-12-14-23(3,15-13-21)20-9-5-6-10-20;;;/h5-6,9,11-14,19,22H,7-8,10,15-16H2,1-4H3;2*1H3;. The molecular weight excluding hydrogens is 491 g/mol. The van der Waals surface area contributed by atoms with E-state index in [0.29, 0.717) is 0 Å². The van der Waals surface area contributed by atoms with E-state index in [9.17, 15) is 0 Å². The molecule has 4 aliphatic carbocycles. The van der Waals surface area contributed by atoms with Crippen LogP contribution in [0.4, 0.5) is 0 Å². The summed E-state index contributed by atoms with van der Waals surface area (Å²) in [5.41, 5.74) is 7.10. The number of rotatable bonds is 3. The molecule has 5 unspecified atom stereocenters. The van der Waals surface area contributed by atoms with Gasteiger partial charge in [0.05, 0.1) is 0 Å². The van der Waals surface area contributed by atoms with Gasteiger partial charge in [0, 0.05) is 0 Å². The van der Waals surface area contributed by atoms with Crippen LogP contribution in [-0.2, 0) is 21.4 Å². The molecule has 0 heterocycles. The van der Waals surface area contributed by atoms with E-state index in [1.54, 1.807) is 22.3 Å². The van der Waals surface area contributed by atoms with Gasteiger partial charge in [-0.2, -0.15) is 0 Å². The van der Waals surface area contributed by atoms with Gasteiger partial charge in [0.1, 0.15) is 0 Å². The normalized spacial score (nSPS) is 40.9. The maximum atomic E-state index is 2.67. The first-order valence-electron chi connectivity index (χ1n) is 11.0. The molecule has 1 saturated carbocycles. The predicted octanol–water partition coefficient (Wildman–Crippen LogP) is 8.04. The maximum absolute atomic E-state index is 2.67. The second-order valence-corrected chi connectivity index (χ2v) is 20.7. The van der Waals surface area contributed by atoms with Gasteiger partial charge in [-0.1, -0.05) is 0 Å². The van der Waals surface area contributed by atoms with Gasteiger partial charge in [-0.25, -0.2) is 0 Å². The number of hydrogen-bond acceptors (Lipinski definition) is 0. The summed E-state index contributed by atoms with van der Waals surface area (Å²) in [6.07, 6.45) is 21.3. The Morgan fingerprint density at radius 1 is 1.11 bits per heavy atom. The van der Waals surface area contributed by atoms with Crippen molar-refractivity contribution in [2.24, 2.45) is 22.7 Å². The molecule has 0 aliphatic heterocycles. The average molecular weight is 528 g/mol. The van der Waals surface area contributed by atoms with Gasteiger partial charge in [0.2, 0.25) is 0 Å². The molecule has 0 aromatic heterocycles. The van der Waals surface area contributed by atoms with Crippen LogP contribution in [0.2, 0.25) is 13.0 Å². The molecular formula is C26H37Hf. The topological polar surface area (TPSA) is 0 Å². The molecule has 5 atom stereocenters. The quantitative estimate of drug-likeness (QED) is 0.257. The van der Waals surface area contributed by atoms with Gasteiger partial charge < -0.3 is 0 Å². The van der Waals surface area contributed by atoms with Crippen molar-refractivity contribution in [3.05, 3.63) is 58.7 Å². The first kappa shape index (κ1) is 19.9. The monoisotopic (exact) mass is 529 g/mol. The van der Waals surface area contributed by atoms with Gasteiger partial charge >= 0.3 is 176 Å². The molecule has 0 saturated heterocycles. The van der Waals surface area contributed by atoms with Crippen molar-refractivity contribution in [2.45, 2.75) is 72.8 Å². The summed E-state index contributed by atoms with van der Waals surface area (Å²) in [4.78, 5) is 0. The zero-order valence-corrected chi connectivity index (χ0v) is 21.8. The summed E-state index contributed by atoms with van der Waals surface area (Å²) in [7, 11) is 0. The first-order chi connectivity index (χ1) is 12.8. The minimum atomic E-state index is -1.40. The van der Waals surface area contributed by atoms with E-state index in [2.05, 4.69) is 73.5 Å². The van der Waals surface area contributed by atoms with Gasteiger partial charge in [-0.3, -0.25) is 0 Å². The third kappa shape index (κ3) is 3.11. The molecule has 0 N–H and O–H groups in total. The van der Waals surface area contributed by atoms with E-state index < -0.39 is 21.4 Å². The Hall–Kier alpha value is -0.430. The summed E-state index contributed by atoms with van der Waals surface area (Å²) in [6, 6.07) is 0. The van der Waals surface area contributed by atoms with Crippen LogP contribution in [0.15, 0.2) is 58.7 Å². The Labute approximate surface area is 175 Å². The van der Waals surface area contributed by atoms with Crippen molar-refractivity contribution in [3.63, 3.8) is 0 Å². The summed E-state index contributed by atoms with van der Waals surface area (Å²) in [5, 5.41) is 0. The molecule has 27 heavy (non-hydrogen) atoms. The molecule has 0 aromatic rings. The van der Waals surface area contributed by atoms with Crippen LogP contribution >= 0.6 is 0 Å². The van der Waals surface area contributed by atoms with Crippen molar-refractivity contribution in [2.75, 3.05) is 0 Å². The van der Waals surface area contributed by atoms with E-state index in [1.807, 2.05) is 0 Å². The molecule has 0 amide bonds. The zero-order chi connectivity index (χ0) is 19.4. The SMILES string of the molecule is CC1=C(C)C(C)(C2=CCC(C)(C3=CC=CC3)C=C2)C2C(CC[CH]2[Hf]([CH3])[CH3])C1. The van der Waals surface area contributed by atoms with Gasteiger partial charge in [0.25, 0.3) is 0 Å². The zero-order valence-electron chi connectivity index (χ0n) is 18.2. The Balaban J connectivity index is 1.71. The Kier molecular flexibility index (Phi) is 5.24. The Morgan fingerprint density at radius 2 is 1.89 bits per heavy atom. The molecule has 0 radical (unpaired) electrons. The van der Waals surface area contributed by atoms with Crippen molar-refractivity contribution in [1.29, 1.82) is 0 Å². The summed E-state index contributed by atoms with van der Waals surface area (Å²) < 4.78 is 6.41. The van der Waals surface area contributed by atoms with Crippen molar-refractivity contribution in [1.82, 2.24) is 0 Å². The molecule has 4 aliphatic rings. The summed E-state index contributed by atoms with van der Waals surface area (Å²) in [5.74, 6) is 1.85. The summed E-state index contributed by atoms with van der Waals surface area (Å²) >= 11 is -1.40. The van der Waals surface area contributed by atoms with Crippen LogP contribution in [0, 0.1) is 22.7 Å². The second kappa shape index (κ2) is 7.12. The summed E-state index contributed by atoms with van der Waals surface area (Å²) in [6.45, 7) is 9.93. The van der Waals surface area contributed by atoms with Crippen LogP contribution in [0.25, 0.3) is 0 Å². The number of fused-ring (bicyclic) bond motifs is 1. The fraction of sp³-hybridized carbons (Fsp3) is 0.615. The van der Waals surface area contributed by atoms with Crippen LogP contribution in [0.5, 0.6) is 0 Å². The second-order valence-electron chi connectivity index (χ2n) is 10.3. The predicted molar refractivity (Wildman–Crippen MR) is 115 cm³/mol. The number of hydrogen-bond donors (Lipinski definition) is 0. The van der Waals surface area contributed by atoms with Crippen LogP contribution in [0.3, 0.4) is 0 Å². The van der Waals surface area contributed by atoms with E-state index in [1.165, 1.54) is 25.7 Å². The Bertz CT molecular complexity index is 774. The molecule has 1 heteroatoms. The molecule has 4 rings (SSSR count). The van der Waals surface area contributed by atoms with Crippen LogP contribution in [0.1, 0.15) is 59.8 Å². The first-order valence-corrected chi connectivity index (χ1v) is 20.3. The van der Waals surface area contributed by atoms with Gasteiger partial charge in [-0.05, 0) is 0 Å². The van der Waals surface area contributed by atoms with Crippen molar-refractivity contribution < 1.29 is 21.4 Å².